The molecule has 2 rings (SSSR count). The molecule has 0 bridgehead atoms. The Hall–Kier alpha value is -1.77. The quantitative estimate of drug-likeness (QED) is 0.855. The Morgan fingerprint density at radius 3 is 2.44 bits per heavy atom. The van der Waals surface area contributed by atoms with Gasteiger partial charge in [-0.2, -0.15) is 5.10 Å². The largest absolute Gasteiger partial charge is 0.384 e. The molecule has 0 aliphatic carbocycles. The molecule has 2 N–H and O–H groups in total. The van der Waals surface area contributed by atoms with Crippen molar-refractivity contribution in [3.8, 4) is 0 Å². The average Bonchev–Trinajstić information content (AvgIpc) is 2.69. The molecule has 1 aromatic heterocycles. The summed E-state index contributed by atoms with van der Waals surface area (Å²) < 4.78 is 1.88. The molecule has 0 spiro atoms. The number of rotatable bonds is 3. The lowest BCUT2D eigenvalue weighted by molar-refractivity contribution is 0.516. The number of nitrogen functional groups attached to an aromatic ring is 1. The van der Waals surface area contributed by atoms with Gasteiger partial charge in [-0.25, -0.2) is 4.68 Å². The number of benzene rings is 1. The molecule has 1 aromatic carbocycles. The van der Waals surface area contributed by atoms with E-state index in [2.05, 4.69) is 43.2 Å². The summed E-state index contributed by atoms with van der Waals surface area (Å²) in [7, 11) is 0. The van der Waals surface area contributed by atoms with Crippen molar-refractivity contribution in [3.05, 3.63) is 47.7 Å². The Balaban J connectivity index is 2.37. The summed E-state index contributed by atoms with van der Waals surface area (Å²) in [6, 6.07) is 10.6. The van der Waals surface area contributed by atoms with Crippen molar-refractivity contribution >= 4 is 5.82 Å². The van der Waals surface area contributed by atoms with Crippen molar-refractivity contribution in [1.82, 2.24) is 9.78 Å². The minimum Gasteiger partial charge on any atom is -0.384 e. The van der Waals surface area contributed by atoms with Gasteiger partial charge in [-0.05, 0) is 25.0 Å². The number of hydrogen-bond donors (Lipinski definition) is 1. The lowest BCUT2D eigenvalue weighted by atomic mass is 10.0. The van der Waals surface area contributed by atoms with Crippen LogP contribution >= 0.6 is 0 Å². The van der Waals surface area contributed by atoms with Crippen molar-refractivity contribution in [2.24, 2.45) is 0 Å². The van der Waals surface area contributed by atoms with Crippen LogP contribution in [-0.4, -0.2) is 9.78 Å². The second-order valence-corrected chi connectivity index (χ2v) is 4.04. The van der Waals surface area contributed by atoms with Crippen LogP contribution in [0.15, 0.2) is 36.5 Å². The molecular weight excluding hydrogens is 198 g/mol. The maximum absolute atomic E-state index is 5.88. The van der Waals surface area contributed by atoms with Crippen molar-refractivity contribution in [2.75, 3.05) is 5.73 Å². The molecule has 3 nitrogen and oxygen atoms in total. The predicted octanol–water partition coefficient (Wildman–Crippen LogP) is 2.77. The molecule has 3 heteroatoms. The zero-order chi connectivity index (χ0) is 11.5. The number of nitrogens with zero attached hydrogens (tertiary/aromatic N) is 2. The van der Waals surface area contributed by atoms with Gasteiger partial charge >= 0.3 is 0 Å². The van der Waals surface area contributed by atoms with Crippen LogP contribution in [0.1, 0.15) is 30.5 Å². The summed E-state index contributed by atoms with van der Waals surface area (Å²) in [5.41, 5.74) is 8.41. The van der Waals surface area contributed by atoms with E-state index in [0.717, 1.165) is 6.42 Å². The lowest BCUT2D eigenvalue weighted by Crippen LogP contribution is -2.13. The van der Waals surface area contributed by atoms with Crippen LogP contribution < -0.4 is 5.73 Å². The lowest BCUT2D eigenvalue weighted by Gasteiger charge is -2.17. The summed E-state index contributed by atoms with van der Waals surface area (Å²) in [4.78, 5) is 0. The number of hydrogen-bond acceptors (Lipinski definition) is 2. The second-order valence-electron chi connectivity index (χ2n) is 4.04. The Bertz CT molecular complexity index is 456. The van der Waals surface area contributed by atoms with E-state index in [1.165, 1.54) is 11.1 Å². The molecule has 0 aliphatic rings. The maximum atomic E-state index is 5.88. The van der Waals surface area contributed by atoms with Gasteiger partial charge in [-0.15, -0.1) is 0 Å². The van der Waals surface area contributed by atoms with Crippen LogP contribution in [0.25, 0.3) is 0 Å². The van der Waals surface area contributed by atoms with Gasteiger partial charge in [0.2, 0.25) is 0 Å². The van der Waals surface area contributed by atoms with Gasteiger partial charge in [0.1, 0.15) is 5.82 Å². The van der Waals surface area contributed by atoms with Crippen molar-refractivity contribution in [2.45, 2.75) is 26.3 Å². The molecule has 0 saturated carbocycles. The Labute approximate surface area is 95.9 Å². The van der Waals surface area contributed by atoms with Gasteiger partial charge in [-0.3, -0.25) is 0 Å². The van der Waals surface area contributed by atoms with Crippen molar-refractivity contribution < 1.29 is 0 Å². The highest BCUT2D eigenvalue weighted by Gasteiger charge is 2.13. The van der Waals surface area contributed by atoms with Gasteiger partial charge in [0, 0.05) is 0 Å². The zero-order valence-electron chi connectivity index (χ0n) is 9.72. The Kier molecular flexibility index (Phi) is 2.95. The molecular formula is C13H17N3. The number of aryl methyl sites for hydroxylation is 1. The SMILES string of the molecule is CCC(c1ccc(C)cc1)n1nccc1N. The van der Waals surface area contributed by atoms with E-state index in [0.29, 0.717) is 5.82 Å². The van der Waals surface area contributed by atoms with Crippen molar-refractivity contribution in [1.29, 1.82) is 0 Å². The molecule has 0 saturated heterocycles. The van der Waals surface area contributed by atoms with Crippen LogP contribution in [0, 0.1) is 6.92 Å². The molecule has 0 amide bonds. The summed E-state index contributed by atoms with van der Waals surface area (Å²) in [5, 5.41) is 4.28. The van der Waals surface area contributed by atoms with Crippen LogP contribution in [0.4, 0.5) is 5.82 Å². The van der Waals surface area contributed by atoms with Crippen LogP contribution in [0.3, 0.4) is 0 Å². The topological polar surface area (TPSA) is 43.8 Å². The fourth-order valence-electron chi connectivity index (χ4n) is 1.92. The van der Waals surface area contributed by atoms with E-state index in [1.54, 1.807) is 6.20 Å². The Morgan fingerprint density at radius 1 is 1.25 bits per heavy atom. The highest BCUT2D eigenvalue weighted by Crippen LogP contribution is 2.23. The highest BCUT2D eigenvalue weighted by molar-refractivity contribution is 5.31. The first-order valence-corrected chi connectivity index (χ1v) is 5.58. The Morgan fingerprint density at radius 2 is 1.94 bits per heavy atom. The maximum Gasteiger partial charge on any atom is 0.122 e. The van der Waals surface area contributed by atoms with E-state index in [4.69, 9.17) is 5.73 Å². The number of anilines is 1. The monoisotopic (exact) mass is 215 g/mol. The molecule has 0 aliphatic heterocycles. The van der Waals surface area contributed by atoms with Gasteiger partial charge in [0.05, 0.1) is 12.2 Å². The normalized spacial score (nSPS) is 12.6. The van der Waals surface area contributed by atoms with Crippen LogP contribution in [0.2, 0.25) is 0 Å². The molecule has 1 unspecified atom stereocenters. The van der Waals surface area contributed by atoms with E-state index >= 15 is 0 Å². The molecule has 84 valence electrons. The van der Waals surface area contributed by atoms with E-state index in [-0.39, 0.29) is 6.04 Å². The first-order chi connectivity index (χ1) is 7.72. The van der Waals surface area contributed by atoms with E-state index in [1.807, 2.05) is 10.7 Å². The fourth-order valence-corrected chi connectivity index (χ4v) is 1.92. The van der Waals surface area contributed by atoms with Gasteiger partial charge in [0.25, 0.3) is 0 Å². The first kappa shape index (κ1) is 10.7. The predicted molar refractivity (Wildman–Crippen MR) is 66.2 cm³/mol. The van der Waals surface area contributed by atoms with Crippen LogP contribution in [-0.2, 0) is 0 Å². The number of aromatic nitrogens is 2. The zero-order valence-corrected chi connectivity index (χ0v) is 9.72. The average molecular weight is 215 g/mol. The summed E-state index contributed by atoms with van der Waals surface area (Å²) in [6.07, 6.45) is 2.72. The fraction of sp³-hybridized carbons (Fsp3) is 0.308. The van der Waals surface area contributed by atoms with E-state index < -0.39 is 0 Å². The second kappa shape index (κ2) is 4.39. The summed E-state index contributed by atoms with van der Waals surface area (Å²) >= 11 is 0. The first-order valence-electron chi connectivity index (χ1n) is 5.58. The van der Waals surface area contributed by atoms with Crippen LogP contribution in [0.5, 0.6) is 0 Å². The smallest absolute Gasteiger partial charge is 0.122 e. The van der Waals surface area contributed by atoms with Gasteiger partial charge in [-0.1, -0.05) is 36.8 Å². The summed E-state index contributed by atoms with van der Waals surface area (Å²) in [5.74, 6) is 0.715. The molecule has 2 aromatic rings. The third-order valence-corrected chi connectivity index (χ3v) is 2.84. The van der Waals surface area contributed by atoms with Gasteiger partial charge < -0.3 is 5.73 Å². The highest BCUT2D eigenvalue weighted by atomic mass is 15.3. The van der Waals surface area contributed by atoms with E-state index in [9.17, 15) is 0 Å². The van der Waals surface area contributed by atoms with Gasteiger partial charge in [0.15, 0.2) is 0 Å². The molecule has 1 heterocycles. The third-order valence-electron chi connectivity index (χ3n) is 2.84. The molecule has 1 atom stereocenters. The molecule has 0 radical (unpaired) electrons. The minimum atomic E-state index is 0.232. The standard InChI is InChI=1S/C13H17N3/c1-3-12(16-13(14)8-9-15-16)11-6-4-10(2)5-7-11/h4-9,12H,3,14H2,1-2H3. The minimum absolute atomic E-state index is 0.232. The molecule has 0 fully saturated rings. The molecule has 16 heavy (non-hydrogen) atoms. The summed E-state index contributed by atoms with van der Waals surface area (Å²) in [6.45, 7) is 4.23. The third kappa shape index (κ3) is 1.94. The number of nitrogens with two attached hydrogens (primary N) is 1. The van der Waals surface area contributed by atoms with Crippen molar-refractivity contribution in [3.63, 3.8) is 0 Å².